The van der Waals surface area contributed by atoms with E-state index in [2.05, 4.69) is 5.32 Å². The molecule has 0 heterocycles. The molecule has 0 bridgehead atoms. The van der Waals surface area contributed by atoms with Crippen LogP contribution in [0.25, 0.3) is 0 Å². The standard InChI is InChI=1S/C26H29FN2O4S3/c1-3-33-25-11-7-6-10-24(25)29(36(31,32)22-14-12-21(34-2)13-15-22)18-26(30)28-16-17-35-19-20-8-4-5-9-23(20)27/h4-15H,3,16-19H2,1-2H3,(H,28,30). The first kappa shape index (κ1) is 27.9. The van der Waals surface area contributed by atoms with E-state index in [1.54, 1.807) is 54.6 Å². The number of amides is 1. The van der Waals surface area contributed by atoms with Gasteiger partial charge in [-0.1, -0.05) is 30.3 Å². The van der Waals surface area contributed by atoms with E-state index in [9.17, 15) is 17.6 Å². The Morgan fingerprint density at radius 1 is 1.03 bits per heavy atom. The number of hydrogen-bond donors (Lipinski definition) is 1. The molecule has 36 heavy (non-hydrogen) atoms. The number of halogens is 1. The zero-order valence-corrected chi connectivity index (χ0v) is 22.6. The largest absolute Gasteiger partial charge is 0.492 e. The predicted octanol–water partition coefficient (Wildman–Crippen LogP) is 5.19. The number of ether oxygens (including phenoxy) is 1. The van der Waals surface area contributed by atoms with E-state index in [0.29, 0.717) is 36.0 Å². The number of sulfonamides is 1. The lowest BCUT2D eigenvalue weighted by atomic mass is 10.2. The van der Waals surface area contributed by atoms with E-state index in [4.69, 9.17) is 4.74 Å². The molecular weight excluding hydrogens is 519 g/mol. The topological polar surface area (TPSA) is 75.7 Å². The lowest BCUT2D eigenvalue weighted by molar-refractivity contribution is -0.119. The molecule has 1 N–H and O–H groups in total. The summed E-state index contributed by atoms with van der Waals surface area (Å²) >= 11 is 2.99. The van der Waals surface area contributed by atoms with Crippen LogP contribution in [0.1, 0.15) is 12.5 Å². The van der Waals surface area contributed by atoms with Gasteiger partial charge in [-0.25, -0.2) is 12.8 Å². The second-order valence-corrected chi connectivity index (χ2v) is 11.4. The summed E-state index contributed by atoms with van der Waals surface area (Å²) in [6, 6.07) is 19.9. The fourth-order valence-electron chi connectivity index (χ4n) is 3.36. The van der Waals surface area contributed by atoms with E-state index in [1.807, 2.05) is 13.2 Å². The molecule has 0 aliphatic carbocycles. The lowest BCUT2D eigenvalue weighted by Crippen LogP contribution is -2.41. The van der Waals surface area contributed by atoms with Gasteiger partial charge in [0.25, 0.3) is 10.0 Å². The Kier molecular flexibility index (Phi) is 10.5. The molecule has 0 saturated carbocycles. The van der Waals surface area contributed by atoms with Crippen LogP contribution in [0, 0.1) is 5.82 Å². The van der Waals surface area contributed by atoms with Crippen LogP contribution >= 0.6 is 23.5 Å². The van der Waals surface area contributed by atoms with E-state index in [0.717, 1.165) is 9.20 Å². The number of benzene rings is 3. The summed E-state index contributed by atoms with van der Waals surface area (Å²) in [6.07, 6.45) is 1.91. The first-order valence-corrected chi connectivity index (χ1v) is 15.1. The second-order valence-electron chi connectivity index (χ2n) is 7.58. The maximum absolute atomic E-state index is 13.8. The molecule has 6 nitrogen and oxygen atoms in total. The van der Waals surface area contributed by atoms with Crippen molar-refractivity contribution in [2.24, 2.45) is 0 Å². The number of rotatable bonds is 13. The molecule has 0 radical (unpaired) electrons. The zero-order chi connectivity index (χ0) is 26.0. The molecule has 0 unspecified atom stereocenters. The minimum Gasteiger partial charge on any atom is -0.492 e. The Labute approximate surface area is 220 Å². The van der Waals surface area contributed by atoms with Crippen LogP contribution in [0.3, 0.4) is 0 Å². The second kappa shape index (κ2) is 13.6. The van der Waals surface area contributed by atoms with Gasteiger partial charge < -0.3 is 10.1 Å². The number of nitrogens with zero attached hydrogens (tertiary/aromatic N) is 1. The van der Waals surface area contributed by atoms with Crippen LogP contribution in [0.5, 0.6) is 5.75 Å². The summed E-state index contributed by atoms with van der Waals surface area (Å²) in [4.78, 5) is 13.8. The molecule has 0 aromatic heterocycles. The first-order valence-electron chi connectivity index (χ1n) is 11.3. The van der Waals surface area contributed by atoms with Crippen molar-refractivity contribution in [1.29, 1.82) is 0 Å². The third-order valence-electron chi connectivity index (χ3n) is 5.15. The predicted molar refractivity (Wildman–Crippen MR) is 146 cm³/mol. The van der Waals surface area contributed by atoms with Gasteiger partial charge in [-0.15, -0.1) is 11.8 Å². The monoisotopic (exact) mass is 548 g/mol. The Morgan fingerprint density at radius 2 is 1.72 bits per heavy atom. The van der Waals surface area contributed by atoms with Crippen LogP contribution in [-0.2, 0) is 20.6 Å². The maximum atomic E-state index is 13.8. The van der Waals surface area contributed by atoms with Gasteiger partial charge in [-0.05, 0) is 61.2 Å². The highest BCUT2D eigenvalue weighted by molar-refractivity contribution is 7.98. The number of thioether (sulfide) groups is 2. The van der Waals surface area contributed by atoms with Crippen molar-refractivity contribution >= 4 is 45.1 Å². The number of anilines is 1. The van der Waals surface area contributed by atoms with Gasteiger partial charge in [0.05, 0.1) is 17.2 Å². The molecule has 0 saturated heterocycles. The summed E-state index contributed by atoms with van der Waals surface area (Å²) < 4.78 is 47.8. The Hall–Kier alpha value is -2.69. The molecule has 0 spiro atoms. The minimum atomic E-state index is -4.05. The smallest absolute Gasteiger partial charge is 0.264 e. The van der Waals surface area contributed by atoms with Crippen LogP contribution in [-0.4, -0.2) is 46.0 Å². The van der Waals surface area contributed by atoms with Crippen LogP contribution in [0.2, 0.25) is 0 Å². The molecule has 0 aliphatic heterocycles. The molecule has 1 amide bonds. The Bertz CT molecular complexity index is 1250. The molecule has 3 rings (SSSR count). The number of hydrogen-bond acceptors (Lipinski definition) is 6. The van der Waals surface area contributed by atoms with Gasteiger partial charge in [0.1, 0.15) is 18.1 Å². The third kappa shape index (κ3) is 7.41. The average molecular weight is 549 g/mol. The number of carbonyl (C=O) groups is 1. The quantitative estimate of drug-likeness (QED) is 0.234. The van der Waals surface area contributed by atoms with E-state index >= 15 is 0 Å². The molecule has 0 atom stereocenters. The van der Waals surface area contributed by atoms with Gasteiger partial charge in [-0.2, -0.15) is 11.8 Å². The van der Waals surface area contributed by atoms with Crippen molar-refractivity contribution in [3.05, 3.63) is 84.2 Å². The van der Waals surface area contributed by atoms with Crippen LogP contribution in [0.15, 0.2) is 82.6 Å². The molecule has 10 heteroatoms. The Morgan fingerprint density at radius 3 is 2.42 bits per heavy atom. The van der Waals surface area contributed by atoms with Crippen molar-refractivity contribution in [3.8, 4) is 5.75 Å². The van der Waals surface area contributed by atoms with Crippen LogP contribution < -0.4 is 14.4 Å². The minimum absolute atomic E-state index is 0.0832. The molecule has 192 valence electrons. The normalized spacial score (nSPS) is 11.2. The molecule has 0 fully saturated rings. The summed E-state index contributed by atoms with van der Waals surface area (Å²) in [5, 5.41) is 2.77. The fourth-order valence-corrected chi connectivity index (χ4v) is 6.05. The summed E-state index contributed by atoms with van der Waals surface area (Å²) in [6.45, 7) is 2.07. The number of para-hydroxylation sites is 2. The highest BCUT2D eigenvalue weighted by atomic mass is 32.2. The maximum Gasteiger partial charge on any atom is 0.264 e. The van der Waals surface area contributed by atoms with Crippen molar-refractivity contribution in [1.82, 2.24) is 5.32 Å². The van der Waals surface area contributed by atoms with Gasteiger partial charge in [0.15, 0.2) is 0 Å². The SMILES string of the molecule is CCOc1ccccc1N(CC(=O)NCCSCc1ccccc1F)S(=O)(=O)c1ccc(SC)cc1. The average Bonchev–Trinajstić information content (AvgIpc) is 2.88. The van der Waals surface area contributed by atoms with Gasteiger partial charge in [0, 0.05) is 22.9 Å². The summed E-state index contributed by atoms with van der Waals surface area (Å²) in [5.41, 5.74) is 0.892. The van der Waals surface area contributed by atoms with Gasteiger partial charge in [-0.3, -0.25) is 9.10 Å². The molecule has 3 aromatic rings. The Balaban J connectivity index is 1.73. The highest BCUT2D eigenvalue weighted by Gasteiger charge is 2.29. The number of carbonyl (C=O) groups excluding carboxylic acids is 1. The van der Waals surface area contributed by atoms with E-state index in [-0.39, 0.29) is 16.4 Å². The zero-order valence-electron chi connectivity index (χ0n) is 20.1. The van der Waals surface area contributed by atoms with Crippen molar-refractivity contribution in [2.75, 3.05) is 36.0 Å². The van der Waals surface area contributed by atoms with Crippen LogP contribution in [0.4, 0.5) is 10.1 Å². The first-order chi connectivity index (χ1) is 17.4. The van der Waals surface area contributed by atoms with Crippen molar-refractivity contribution < 1.29 is 22.3 Å². The third-order valence-corrected chi connectivity index (χ3v) is 8.68. The number of nitrogens with one attached hydrogen (secondary N) is 1. The van der Waals surface area contributed by atoms with E-state index < -0.39 is 22.5 Å². The molecule has 0 aliphatic rings. The van der Waals surface area contributed by atoms with Gasteiger partial charge in [0.2, 0.25) is 5.91 Å². The lowest BCUT2D eigenvalue weighted by Gasteiger charge is -2.26. The summed E-state index contributed by atoms with van der Waals surface area (Å²) in [5.74, 6) is 0.707. The molecular formula is C26H29FN2O4S3. The van der Waals surface area contributed by atoms with Crippen molar-refractivity contribution in [2.45, 2.75) is 22.5 Å². The molecule has 3 aromatic carbocycles. The van der Waals surface area contributed by atoms with Crippen molar-refractivity contribution in [3.63, 3.8) is 0 Å². The summed E-state index contributed by atoms with van der Waals surface area (Å²) in [7, 11) is -4.05. The highest BCUT2D eigenvalue weighted by Crippen LogP contribution is 2.33. The fraction of sp³-hybridized carbons (Fsp3) is 0.269. The van der Waals surface area contributed by atoms with Gasteiger partial charge >= 0.3 is 0 Å². The van der Waals surface area contributed by atoms with E-state index in [1.165, 1.54) is 41.7 Å².